The first-order chi connectivity index (χ1) is 20.2. The zero-order valence-electron chi connectivity index (χ0n) is 21.5. The van der Waals surface area contributed by atoms with Gasteiger partial charge in [0, 0.05) is 36.0 Å². The fraction of sp³-hybridized carbons (Fsp3) is 0.0333. The molecule has 0 aliphatic rings. The fourth-order valence-corrected chi connectivity index (χ4v) is 6.64. The van der Waals surface area contributed by atoms with E-state index in [0.29, 0.717) is 57.9 Å². The van der Waals surface area contributed by atoms with Gasteiger partial charge in [0.25, 0.3) is 5.91 Å². The van der Waals surface area contributed by atoms with Gasteiger partial charge >= 0.3 is 5.97 Å². The molecule has 7 nitrogen and oxygen atoms in total. The number of amides is 1. The molecule has 0 saturated heterocycles. The molecule has 0 fully saturated rings. The van der Waals surface area contributed by atoms with E-state index in [9.17, 15) is 9.59 Å². The summed E-state index contributed by atoms with van der Waals surface area (Å²) in [6.45, 7) is 0. The van der Waals surface area contributed by atoms with Gasteiger partial charge in [0.15, 0.2) is 5.75 Å². The number of esters is 1. The molecule has 0 radical (unpaired) electrons. The standard InChI is InChI=1S/C30H18Br3Cl2N3O4/c1-41-19-8-6-15(7-9-19)30(40)42-28-16(10-17(31)12-22(28)33)14-36-38-29(39)27-25(20-4-2-3-5-23(20)34)21-11-18(32)13-24(35)26(21)37-27/h2-14,37H,1H3,(H,38,39). The second kappa shape index (κ2) is 13.0. The van der Waals surface area contributed by atoms with Crippen LogP contribution in [0.2, 0.25) is 10.0 Å². The van der Waals surface area contributed by atoms with Gasteiger partial charge in [-0.05, 0) is 70.5 Å². The first-order valence-corrected chi connectivity index (χ1v) is 15.2. The molecule has 0 aliphatic carbocycles. The number of aromatic amines is 1. The number of carbonyl (C=O) groups is 2. The van der Waals surface area contributed by atoms with Gasteiger partial charge in [0.2, 0.25) is 0 Å². The molecule has 1 heterocycles. The minimum atomic E-state index is -0.579. The third kappa shape index (κ3) is 6.43. The Labute approximate surface area is 275 Å². The number of hydrogen-bond donors (Lipinski definition) is 2. The van der Waals surface area contributed by atoms with Crippen LogP contribution in [0.5, 0.6) is 11.5 Å². The van der Waals surface area contributed by atoms with Crippen molar-refractivity contribution < 1.29 is 19.1 Å². The van der Waals surface area contributed by atoms with Crippen molar-refractivity contribution in [1.82, 2.24) is 10.4 Å². The van der Waals surface area contributed by atoms with Crippen molar-refractivity contribution in [3.63, 3.8) is 0 Å². The van der Waals surface area contributed by atoms with Crippen LogP contribution in [0.15, 0.2) is 91.3 Å². The van der Waals surface area contributed by atoms with Crippen LogP contribution in [0.1, 0.15) is 26.4 Å². The Morgan fingerprint density at radius 3 is 2.36 bits per heavy atom. The second-order valence-electron chi connectivity index (χ2n) is 8.79. The van der Waals surface area contributed by atoms with Gasteiger partial charge in [0.1, 0.15) is 11.4 Å². The lowest BCUT2D eigenvalue weighted by Crippen LogP contribution is -2.19. The normalized spacial score (nSPS) is 11.2. The van der Waals surface area contributed by atoms with Gasteiger partial charge in [-0.25, -0.2) is 10.2 Å². The lowest BCUT2D eigenvalue weighted by molar-refractivity contribution is 0.0732. The molecule has 12 heteroatoms. The highest BCUT2D eigenvalue weighted by Crippen LogP contribution is 2.40. The monoisotopic (exact) mass is 791 g/mol. The lowest BCUT2D eigenvalue weighted by atomic mass is 10.0. The average molecular weight is 795 g/mol. The number of nitrogens with one attached hydrogen (secondary N) is 2. The number of aromatic nitrogens is 1. The van der Waals surface area contributed by atoms with Crippen LogP contribution in [0.25, 0.3) is 22.0 Å². The Kier molecular flexibility index (Phi) is 9.39. The van der Waals surface area contributed by atoms with Gasteiger partial charge in [0.05, 0.1) is 33.9 Å². The topological polar surface area (TPSA) is 92.8 Å². The van der Waals surface area contributed by atoms with Crippen LogP contribution in [0, 0.1) is 0 Å². The Morgan fingerprint density at radius 1 is 0.929 bits per heavy atom. The van der Waals surface area contributed by atoms with Crippen molar-refractivity contribution in [3.05, 3.63) is 113 Å². The molecular formula is C30H18Br3Cl2N3O4. The number of carbonyl (C=O) groups excluding carboxylic acids is 2. The Hall–Kier alpha value is -3.15. The highest BCUT2D eigenvalue weighted by atomic mass is 79.9. The number of rotatable bonds is 7. The van der Waals surface area contributed by atoms with E-state index >= 15 is 0 Å². The van der Waals surface area contributed by atoms with Crippen molar-refractivity contribution in [2.45, 2.75) is 0 Å². The number of halogens is 5. The predicted molar refractivity (Wildman–Crippen MR) is 176 cm³/mol. The summed E-state index contributed by atoms with van der Waals surface area (Å²) in [5.74, 6) is -0.279. The molecule has 0 aliphatic heterocycles. The lowest BCUT2D eigenvalue weighted by Gasteiger charge is -2.11. The number of H-pyrrole nitrogens is 1. The van der Waals surface area contributed by atoms with E-state index in [1.807, 2.05) is 24.3 Å². The minimum Gasteiger partial charge on any atom is -0.497 e. The molecular weight excluding hydrogens is 777 g/mol. The fourth-order valence-electron chi connectivity index (χ4n) is 4.21. The van der Waals surface area contributed by atoms with Crippen LogP contribution in [-0.2, 0) is 0 Å². The predicted octanol–water partition coefficient (Wildman–Crippen LogP) is 9.42. The summed E-state index contributed by atoms with van der Waals surface area (Å²) in [6.07, 6.45) is 1.38. The number of nitrogens with zero attached hydrogens (tertiary/aromatic N) is 1. The molecule has 0 saturated carbocycles. The maximum absolute atomic E-state index is 13.5. The van der Waals surface area contributed by atoms with Crippen molar-refractivity contribution in [2.24, 2.45) is 5.10 Å². The van der Waals surface area contributed by atoms with E-state index in [2.05, 4.69) is 63.3 Å². The molecule has 0 unspecified atom stereocenters. The highest BCUT2D eigenvalue weighted by Gasteiger charge is 2.23. The minimum absolute atomic E-state index is 0.219. The van der Waals surface area contributed by atoms with Crippen LogP contribution >= 0.6 is 71.0 Å². The number of hydrogen-bond acceptors (Lipinski definition) is 5. The van der Waals surface area contributed by atoms with Crippen LogP contribution in [0.4, 0.5) is 0 Å². The van der Waals surface area contributed by atoms with Gasteiger partial charge in [-0.2, -0.15) is 5.10 Å². The molecule has 5 rings (SSSR count). The summed E-state index contributed by atoms with van der Waals surface area (Å²) >= 11 is 23.4. The van der Waals surface area contributed by atoms with Crippen LogP contribution < -0.4 is 14.9 Å². The van der Waals surface area contributed by atoms with E-state index in [1.54, 1.807) is 55.6 Å². The SMILES string of the molecule is COc1ccc(C(=O)Oc2c(Br)cc(Br)cc2C=NNC(=O)c2[nH]c3c(Cl)cc(Br)cc3c2-c2ccccc2Cl)cc1. The van der Waals surface area contributed by atoms with Crippen LogP contribution in [0.3, 0.4) is 0 Å². The average Bonchev–Trinajstić information content (AvgIpc) is 3.34. The summed E-state index contributed by atoms with van der Waals surface area (Å²) in [5, 5.41) is 5.77. The van der Waals surface area contributed by atoms with Gasteiger partial charge in [-0.3, -0.25) is 4.79 Å². The van der Waals surface area contributed by atoms with E-state index in [4.69, 9.17) is 32.7 Å². The van der Waals surface area contributed by atoms with Gasteiger partial charge in [-0.15, -0.1) is 0 Å². The van der Waals surface area contributed by atoms with Crippen LogP contribution in [-0.4, -0.2) is 30.2 Å². The van der Waals surface area contributed by atoms with E-state index in [1.165, 1.54) is 6.21 Å². The van der Waals surface area contributed by atoms with Gasteiger partial charge in [-0.1, -0.05) is 73.3 Å². The van der Waals surface area contributed by atoms with E-state index in [0.717, 1.165) is 4.47 Å². The molecule has 0 spiro atoms. The largest absolute Gasteiger partial charge is 0.497 e. The molecule has 212 valence electrons. The summed E-state index contributed by atoms with van der Waals surface area (Å²) in [5.41, 5.74) is 5.33. The van der Waals surface area contributed by atoms with Crippen molar-refractivity contribution in [1.29, 1.82) is 0 Å². The molecule has 1 amide bonds. The summed E-state index contributed by atoms with van der Waals surface area (Å²) < 4.78 is 12.8. The first kappa shape index (κ1) is 30.3. The first-order valence-electron chi connectivity index (χ1n) is 12.1. The molecule has 0 bridgehead atoms. The number of hydrazone groups is 1. The molecule has 1 aromatic heterocycles. The smallest absolute Gasteiger partial charge is 0.343 e. The van der Waals surface area contributed by atoms with Crippen molar-refractivity contribution >= 4 is 100.0 Å². The zero-order valence-corrected chi connectivity index (χ0v) is 27.7. The quantitative estimate of drug-likeness (QED) is 0.0744. The summed E-state index contributed by atoms with van der Waals surface area (Å²) in [7, 11) is 1.54. The number of ether oxygens (including phenoxy) is 2. The zero-order chi connectivity index (χ0) is 30.0. The van der Waals surface area contributed by atoms with E-state index in [-0.39, 0.29) is 11.4 Å². The van der Waals surface area contributed by atoms with E-state index < -0.39 is 11.9 Å². The number of methoxy groups -OCH3 is 1. The molecule has 4 aromatic carbocycles. The summed E-state index contributed by atoms with van der Waals surface area (Å²) in [4.78, 5) is 29.5. The highest BCUT2D eigenvalue weighted by molar-refractivity contribution is 9.11. The Balaban J connectivity index is 1.46. The molecule has 5 aromatic rings. The Morgan fingerprint density at radius 2 is 1.64 bits per heavy atom. The van der Waals surface area contributed by atoms with Crippen molar-refractivity contribution in [3.8, 4) is 22.6 Å². The second-order valence-corrected chi connectivity index (χ2v) is 12.3. The van der Waals surface area contributed by atoms with Crippen molar-refractivity contribution in [2.75, 3.05) is 7.11 Å². The Bertz CT molecular complexity index is 1870. The van der Waals surface area contributed by atoms with Gasteiger partial charge < -0.3 is 14.5 Å². The third-order valence-corrected chi connectivity index (χ3v) is 8.25. The molecule has 0 atom stereocenters. The maximum Gasteiger partial charge on any atom is 0.343 e. The molecule has 42 heavy (non-hydrogen) atoms. The number of benzene rings is 4. The molecule has 2 N–H and O–H groups in total. The maximum atomic E-state index is 13.5. The third-order valence-electron chi connectivity index (χ3n) is 6.12. The summed E-state index contributed by atoms with van der Waals surface area (Å²) in [6, 6.07) is 20.8. The number of fused-ring (bicyclic) bond motifs is 1.